The van der Waals surface area contributed by atoms with Gasteiger partial charge in [0.25, 0.3) is 0 Å². The molecule has 1 saturated heterocycles. The first kappa shape index (κ1) is 19.6. The molecule has 2 N–H and O–H groups in total. The molecule has 0 aromatic rings. The van der Waals surface area contributed by atoms with Gasteiger partial charge in [-0.1, -0.05) is 0 Å². The number of thioether (sulfide) groups is 1. The molecule has 0 bridgehead atoms. The molecule has 0 spiro atoms. The maximum Gasteiger partial charge on any atom is 0.191 e. The third-order valence-electron chi connectivity index (χ3n) is 3.90. The highest BCUT2D eigenvalue weighted by Gasteiger charge is 2.29. The summed E-state index contributed by atoms with van der Waals surface area (Å²) in [7, 11) is 3.88. The Morgan fingerprint density at radius 3 is 2.82 bits per heavy atom. The van der Waals surface area contributed by atoms with Crippen molar-refractivity contribution in [3.8, 4) is 0 Å². The number of hydrogen-bond donors (Lipinski definition) is 2. The van der Waals surface area contributed by atoms with Crippen LogP contribution in [0.4, 0.5) is 0 Å². The second-order valence-corrected chi connectivity index (χ2v) is 7.86. The third-order valence-corrected chi connectivity index (χ3v) is 5.43. The summed E-state index contributed by atoms with van der Waals surface area (Å²) in [6.07, 6.45) is 3.72. The van der Waals surface area contributed by atoms with Crippen LogP contribution >= 0.6 is 11.8 Å². The fourth-order valence-electron chi connectivity index (χ4n) is 2.46. The number of ether oxygens (including phenoxy) is 1. The first-order valence-electron chi connectivity index (χ1n) is 8.43. The number of rotatable bonds is 10. The van der Waals surface area contributed by atoms with Gasteiger partial charge < -0.3 is 20.3 Å². The van der Waals surface area contributed by atoms with Crippen LogP contribution in [0.5, 0.6) is 0 Å². The molecule has 1 unspecified atom stereocenters. The van der Waals surface area contributed by atoms with Crippen LogP contribution in [0.2, 0.25) is 0 Å². The number of hydrogen-bond acceptors (Lipinski definition) is 4. The quantitative estimate of drug-likeness (QED) is 0.363. The van der Waals surface area contributed by atoms with E-state index in [4.69, 9.17) is 9.73 Å². The summed E-state index contributed by atoms with van der Waals surface area (Å²) < 4.78 is 5.43. The number of aliphatic imine (C=N–C) groups is 1. The van der Waals surface area contributed by atoms with E-state index in [1.165, 1.54) is 18.6 Å². The lowest BCUT2D eigenvalue weighted by Crippen LogP contribution is -2.39. The molecule has 22 heavy (non-hydrogen) atoms. The maximum absolute atomic E-state index is 5.09. The van der Waals surface area contributed by atoms with Gasteiger partial charge >= 0.3 is 0 Å². The Hall–Kier alpha value is -0.460. The average Bonchev–Trinajstić information content (AvgIpc) is 2.94. The van der Waals surface area contributed by atoms with E-state index in [1.807, 2.05) is 0 Å². The number of nitrogens with one attached hydrogen (secondary N) is 2. The zero-order valence-electron chi connectivity index (χ0n) is 14.8. The Balaban J connectivity index is 2.25. The summed E-state index contributed by atoms with van der Waals surface area (Å²) in [6, 6.07) is 0. The predicted octanol–water partition coefficient (Wildman–Crippen LogP) is 1.80. The normalized spacial score (nSPS) is 22.3. The molecule has 0 radical (unpaired) electrons. The highest BCUT2D eigenvalue weighted by molar-refractivity contribution is 8.00. The van der Waals surface area contributed by atoms with Gasteiger partial charge in [0.2, 0.25) is 0 Å². The molecule has 5 nitrogen and oxygen atoms in total. The van der Waals surface area contributed by atoms with E-state index < -0.39 is 0 Å². The van der Waals surface area contributed by atoms with Crippen molar-refractivity contribution in [1.29, 1.82) is 0 Å². The number of nitrogens with zero attached hydrogens (tertiary/aromatic N) is 2. The number of methoxy groups -OCH3 is 1. The standard InChI is InChI=1S/C16H34N4OS/c1-5-17-15(19-14-16(2)8-6-13-22-16)18-9-7-10-20(3)11-12-21-4/h5-14H2,1-4H3,(H2,17,18,19). The smallest absolute Gasteiger partial charge is 0.191 e. The summed E-state index contributed by atoms with van der Waals surface area (Å²) in [5.74, 6) is 2.24. The van der Waals surface area contributed by atoms with Crippen LogP contribution in [0.25, 0.3) is 0 Å². The van der Waals surface area contributed by atoms with E-state index in [1.54, 1.807) is 7.11 Å². The molecular formula is C16H34N4OS. The largest absolute Gasteiger partial charge is 0.383 e. The lowest BCUT2D eigenvalue weighted by atomic mass is 10.1. The third kappa shape index (κ3) is 8.25. The molecule has 1 fully saturated rings. The van der Waals surface area contributed by atoms with Gasteiger partial charge in [-0.05, 0) is 52.5 Å². The zero-order valence-corrected chi connectivity index (χ0v) is 15.6. The Labute approximate surface area is 140 Å². The molecule has 130 valence electrons. The van der Waals surface area contributed by atoms with E-state index in [0.717, 1.165) is 51.7 Å². The fraction of sp³-hybridized carbons (Fsp3) is 0.938. The number of likely N-dealkylation sites (N-methyl/N-ethyl adjacent to an activating group) is 1. The van der Waals surface area contributed by atoms with Crippen LogP contribution in [-0.2, 0) is 4.74 Å². The fourth-order valence-corrected chi connectivity index (χ4v) is 3.69. The first-order valence-corrected chi connectivity index (χ1v) is 9.42. The number of guanidine groups is 1. The highest BCUT2D eigenvalue weighted by atomic mass is 32.2. The molecule has 1 heterocycles. The Morgan fingerprint density at radius 1 is 1.36 bits per heavy atom. The van der Waals surface area contributed by atoms with Crippen LogP contribution in [0, 0.1) is 0 Å². The average molecular weight is 331 g/mol. The minimum Gasteiger partial charge on any atom is -0.383 e. The molecule has 0 amide bonds. The van der Waals surface area contributed by atoms with Crippen LogP contribution < -0.4 is 10.6 Å². The van der Waals surface area contributed by atoms with Crippen molar-refractivity contribution in [3.05, 3.63) is 0 Å². The molecule has 0 aromatic heterocycles. The summed E-state index contributed by atoms with van der Waals surface area (Å²) in [5, 5.41) is 6.79. The molecular weight excluding hydrogens is 296 g/mol. The summed E-state index contributed by atoms with van der Waals surface area (Å²) in [6.45, 7) is 10.1. The first-order chi connectivity index (χ1) is 10.6. The molecule has 0 saturated carbocycles. The molecule has 1 aliphatic rings. The van der Waals surface area contributed by atoms with E-state index in [-0.39, 0.29) is 0 Å². The summed E-state index contributed by atoms with van der Waals surface area (Å²) in [4.78, 5) is 7.07. The van der Waals surface area contributed by atoms with Crippen LogP contribution in [0.15, 0.2) is 4.99 Å². The van der Waals surface area contributed by atoms with E-state index in [0.29, 0.717) is 4.75 Å². The van der Waals surface area contributed by atoms with Crippen molar-refractivity contribution in [3.63, 3.8) is 0 Å². The summed E-state index contributed by atoms with van der Waals surface area (Å²) >= 11 is 2.06. The molecule has 1 rings (SSSR count). The molecule has 0 aliphatic carbocycles. The SMILES string of the molecule is CCNC(=NCC1(C)CCCS1)NCCCN(C)CCOC. The van der Waals surface area contributed by atoms with Crippen LogP contribution in [0.3, 0.4) is 0 Å². The summed E-state index contributed by atoms with van der Waals surface area (Å²) in [5.41, 5.74) is 0. The molecule has 6 heteroatoms. The van der Waals surface area contributed by atoms with Gasteiger partial charge in [0.15, 0.2) is 5.96 Å². The second-order valence-electron chi connectivity index (χ2n) is 6.17. The van der Waals surface area contributed by atoms with E-state index in [2.05, 4.69) is 48.2 Å². The van der Waals surface area contributed by atoms with Crippen molar-refractivity contribution in [2.24, 2.45) is 4.99 Å². The Kier molecular flexibility index (Phi) is 9.91. The lowest BCUT2D eigenvalue weighted by Gasteiger charge is -2.21. The van der Waals surface area contributed by atoms with Gasteiger partial charge in [-0.3, -0.25) is 4.99 Å². The molecule has 1 atom stereocenters. The topological polar surface area (TPSA) is 48.9 Å². The van der Waals surface area contributed by atoms with Gasteiger partial charge in [-0.2, -0.15) is 11.8 Å². The minimum atomic E-state index is 0.336. The maximum atomic E-state index is 5.09. The van der Waals surface area contributed by atoms with Gasteiger partial charge in [0.05, 0.1) is 13.2 Å². The van der Waals surface area contributed by atoms with Crippen molar-refractivity contribution in [2.45, 2.75) is 37.9 Å². The van der Waals surface area contributed by atoms with Crippen molar-refractivity contribution in [2.75, 3.05) is 59.2 Å². The van der Waals surface area contributed by atoms with Gasteiger partial charge in [-0.25, -0.2) is 0 Å². The predicted molar refractivity (Wildman–Crippen MR) is 98.1 cm³/mol. The van der Waals surface area contributed by atoms with Gasteiger partial charge in [-0.15, -0.1) is 0 Å². The Bertz CT molecular complexity index is 319. The highest BCUT2D eigenvalue weighted by Crippen LogP contribution is 2.37. The monoisotopic (exact) mass is 330 g/mol. The van der Waals surface area contributed by atoms with Gasteiger partial charge in [0.1, 0.15) is 0 Å². The van der Waals surface area contributed by atoms with Crippen LogP contribution in [-0.4, -0.2) is 74.8 Å². The van der Waals surface area contributed by atoms with Crippen molar-refractivity contribution >= 4 is 17.7 Å². The Morgan fingerprint density at radius 2 is 2.18 bits per heavy atom. The second kappa shape index (κ2) is 11.1. The zero-order chi connectivity index (χ0) is 16.3. The van der Waals surface area contributed by atoms with Gasteiger partial charge in [0, 0.05) is 31.5 Å². The van der Waals surface area contributed by atoms with Crippen LogP contribution in [0.1, 0.15) is 33.1 Å². The molecule has 1 aliphatic heterocycles. The van der Waals surface area contributed by atoms with E-state index >= 15 is 0 Å². The lowest BCUT2D eigenvalue weighted by molar-refractivity contribution is 0.161. The van der Waals surface area contributed by atoms with Crippen molar-refractivity contribution < 1.29 is 4.74 Å². The van der Waals surface area contributed by atoms with E-state index in [9.17, 15) is 0 Å². The minimum absolute atomic E-state index is 0.336. The van der Waals surface area contributed by atoms with Crippen molar-refractivity contribution in [1.82, 2.24) is 15.5 Å². The molecule has 0 aromatic carbocycles.